The summed E-state index contributed by atoms with van der Waals surface area (Å²) in [6.45, 7) is 0. The first kappa shape index (κ1) is 37.0. The van der Waals surface area contributed by atoms with Crippen molar-refractivity contribution in [1.29, 1.82) is 0 Å². The van der Waals surface area contributed by atoms with Gasteiger partial charge in [0.25, 0.3) is 0 Å². The summed E-state index contributed by atoms with van der Waals surface area (Å²) in [6, 6.07) is 91.3. The van der Waals surface area contributed by atoms with E-state index in [4.69, 9.17) is 0 Å². The van der Waals surface area contributed by atoms with Crippen LogP contribution in [0.15, 0.2) is 249 Å². The lowest BCUT2D eigenvalue weighted by Crippen LogP contribution is -2.28. The maximum Gasteiger partial charge on any atom is 0.0713 e. The van der Waals surface area contributed by atoms with Crippen LogP contribution in [0.1, 0.15) is 22.3 Å². The number of rotatable bonds is 8. The Kier molecular flexibility index (Phi) is 8.98. The Labute approximate surface area is 372 Å². The molecule has 0 spiro atoms. The van der Waals surface area contributed by atoms with E-state index in [-0.39, 0.29) is 0 Å². The molecule has 1 heterocycles. The van der Waals surface area contributed by atoms with E-state index in [0.29, 0.717) is 0 Å². The van der Waals surface area contributed by atoms with Crippen molar-refractivity contribution in [2.24, 2.45) is 0 Å². The zero-order chi connectivity index (χ0) is 41.7. The van der Waals surface area contributed by atoms with E-state index < -0.39 is 5.41 Å². The number of thiophene rings is 1. The average molecular weight is 820 g/mol. The minimum Gasteiger partial charge on any atom is -0.310 e. The molecule has 63 heavy (non-hydrogen) atoms. The van der Waals surface area contributed by atoms with Crippen LogP contribution in [0, 0.1) is 0 Å². The summed E-state index contributed by atoms with van der Waals surface area (Å²) in [6.07, 6.45) is 0. The summed E-state index contributed by atoms with van der Waals surface area (Å²) in [4.78, 5) is 2.36. The van der Waals surface area contributed by atoms with Gasteiger partial charge in [-0.3, -0.25) is 0 Å². The van der Waals surface area contributed by atoms with Gasteiger partial charge in [0.2, 0.25) is 0 Å². The summed E-state index contributed by atoms with van der Waals surface area (Å²) in [5.41, 5.74) is 17.9. The normalized spacial score (nSPS) is 12.6. The van der Waals surface area contributed by atoms with Crippen LogP contribution in [0.4, 0.5) is 17.1 Å². The monoisotopic (exact) mass is 819 g/mol. The van der Waals surface area contributed by atoms with Crippen LogP contribution in [0.25, 0.3) is 64.7 Å². The van der Waals surface area contributed by atoms with Crippen molar-refractivity contribution in [2.45, 2.75) is 5.41 Å². The first-order valence-electron chi connectivity index (χ1n) is 21.7. The molecule has 0 N–H and O–H groups in total. The number of hydrogen-bond donors (Lipinski definition) is 0. The molecule has 2 heteroatoms. The third-order valence-corrected chi connectivity index (χ3v) is 14.1. The SMILES string of the molecule is c1ccc(N(c2ccc(-c3cccc(-c4ccc5c(c4)-c4ccccc4C5(c4ccccc4)c4ccccc4)c3)cc2)c2cccc(-c3ccc4sc5ccccc5c4c3)c2)cc1. The van der Waals surface area contributed by atoms with E-state index in [1.54, 1.807) is 0 Å². The second-order valence-corrected chi connectivity index (χ2v) is 17.5. The number of para-hydroxylation sites is 1. The fourth-order valence-corrected chi connectivity index (χ4v) is 11.2. The molecule has 1 nitrogen and oxygen atoms in total. The van der Waals surface area contributed by atoms with Gasteiger partial charge in [0.15, 0.2) is 0 Å². The van der Waals surface area contributed by atoms with Gasteiger partial charge in [0.1, 0.15) is 0 Å². The molecule has 0 aliphatic heterocycles. The van der Waals surface area contributed by atoms with Gasteiger partial charge in [-0.25, -0.2) is 0 Å². The third kappa shape index (κ3) is 6.22. The molecule has 1 aromatic heterocycles. The van der Waals surface area contributed by atoms with Crippen LogP contribution >= 0.6 is 11.3 Å². The first-order chi connectivity index (χ1) is 31.2. The highest BCUT2D eigenvalue weighted by Gasteiger charge is 2.45. The first-order valence-corrected chi connectivity index (χ1v) is 22.5. The summed E-state index contributed by atoms with van der Waals surface area (Å²) in [5, 5.41) is 2.63. The molecule has 0 saturated heterocycles. The molecular formula is C61H41NS. The number of benzene rings is 10. The molecule has 0 fully saturated rings. The minimum atomic E-state index is -0.404. The Hall–Kier alpha value is -7.78. The Morgan fingerprint density at radius 3 is 1.56 bits per heavy atom. The van der Waals surface area contributed by atoms with E-state index in [1.807, 2.05) is 11.3 Å². The second kappa shape index (κ2) is 15.3. The van der Waals surface area contributed by atoms with Gasteiger partial charge in [-0.05, 0) is 133 Å². The van der Waals surface area contributed by atoms with Gasteiger partial charge in [-0.1, -0.05) is 182 Å². The van der Waals surface area contributed by atoms with Gasteiger partial charge >= 0.3 is 0 Å². The van der Waals surface area contributed by atoms with Crippen molar-refractivity contribution in [3.05, 3.63) is 271 Å². The molecule has 0 atom stereocenters. The van der Waals surface area contributed by atoms with Crippen LogP contribution in [0.2, 0.25) is 0 Å². The summed E-state index contributed by atoms with van der Waals surface area (Å²) >= 11 is 1.86. The van der Waals surface area contributed by atoms with Gasteiger partial charge in [0, 0.05) is 37.2 Å². The molecule has 0 amide bonds. The highest BCUT2D eigenvalue weighted by atomic mass is 32.1. The van der Waals surface area contributed by atoms with Crippen LogP contribution in [-0.4, -0.2) is 0 Å². The highest BCUT2D eigenvalue weighted by Crippen LogP contribution is 2.56. The summed E-state index contributed by atoms with van der Waals surface area (Å²) in [7, 11) is 0. The fourth-order valence-electron chi connectivity index (χ4n) is 10.1. The molecule has 0 saturated carbocycles. The lowest BCUT2D eigenvalue weighted by atomic mass is 9.67. The largest absolute Gasteiger partial charge is 0.310 e. The van der Waals surface area contributed by atoms with Gasteiger partial charge in [-0.15, -0.1) is 11.3 Å². The molecule has 1 aliphatic rings. The molecular weight excluding hydrogens is 779 g/mol. The van der Waals surface area contributed by atoms with E-state index in [0.717, 1.165) is 17.1 Å². The summed E-state index contributed by atoms with van der Waals surface area (Å²) in [5.74, 6) is 0. The number of fused-ring (bicyclic) bond motifs is 6. The molecule has 1 aliphatic carbocycles. The van der Waals surface area contributed by atoms with Crippen LogP contribution in [-0.2, 0) is 5.41 Å². The standard InChI is InChI=1S/C61H41NS/c1-4-19-48(20-5-1)61(49-21-6-2-7-22-49)57-28-12-10-26-53(57)55-40-46(32-36-58(55)61)44-17-14-16-43(38-44)42-30-34-51(35-31-42)62(50-23-8-3-9-24-50)52-25-15-18-45(39-52)47-33-37-60-56(41-47)54-27-11-13-29-59(54)63-60/h1-41H. The predicted octanol–water partition coefficient (Wildman–Crippen LogP) is 16.9. The van der Waals surface area contributed by atoms with E-state index in [1.165, 1.54) is 86.9 Å². The van der Waals surface area contributed by atoms with Gasteiger partial charge < -0.3 is 4.90 Å². The molecule has 12 rings (SSSR count). The van der Waals surface area contributed by atoms with E-state index in [2.05, 4.69) is 254 Å². The average Bonchev–Trinajstić information content (AvgIpc) is 3.88. The van der Waals surface area contributed by atoms with Crippen molar-refractivity contribution in [1.82, 2.24) is 0 Å². The maximum atomic E-state index is 2.41. The Bertz CT molecular complexity index is 3400. The number of hydrogen-bond acceptors (Lipinski definition) is 2. The quantitative estimate of drug-likeness (QED) is 0.148. The topological polar surface area (TPSA) is 3.24 Å². The van der Waals surface area contributed by atoms with Crippen LogP contribution < -0.4 is 4.90 Å². The van der Waals surface area contributed by atoms with E-state index in [9.17, 15) is 0 Å². The van der Waals surface area contributed by atoms with Crippen molar-refractivity contribution in [3.8, 4) is 44.5 Å². The van der Waals surface area contributed by atoms with E-state index >= 15 is 0 Å². The van der Waals surface area contributed by atoms with Crippen molar-refractivity contribution >= 4 is 48.6 Å². The van der Waals surface area contributed by atoms with Crippen molar-refractivity contribution in [2.75, 3.05) is 4.90 Å². The molecule has 0 radical (unpaired) electrons. The van der Waals surface area contributed by atoms with Crippen LogP contribution in [0.3, 0.4) is 0 Å². The number of anilines is 3. The minimum absolute atomic E-state index is 0.404. The maximum absolute atomic E-state index is 2.41. The molecule has 10 aromatic carbocycles. The van der Waals surface area contributed by atoms with Crippen molar-refractivity contribution in [3.63, 3.8) is 0 Å². The number of nitrogens with zero attached hydrogens (tertiary/aromatic N) is 1. The molecule has 0 bridgehead atoms. The molecule has 11 aromatic rings. The Morgan fingerprint density at radius 1 is 0.286 bits per heavy atom. The summed E-state index contributed by atoms with van der Waals surface area (Å²) < 4.78 is 2.65. The predicted molar refractivity (Wildman–Crippen MR) is 268 cm³/mol. The van der Waals surface area contributed by atoms with Gasteiger partial charge in [-0.2, -0.15) is 0 Å². The lowest BCUT2D eigenvalue weighted by Gasteiger charge is -2.33. The van der Waals surface area contributed by atoms with Gasteiger partial charge in [0.05, 0.1) is 5.41 Å². The second-order valence-electron chi connectivity index (χ2n) is 16.4. The smallest absolute Gasteiger partial charge is 0.0713 e. The zero-order valence-corrected chi connectivity index (χ0v) is 35.3. The molecule has 296 valence electrons. The highest BCUT2D eigenvalue weighted by molar-refractivity contribution is 7.25. The fraction of sp³-hybridized carbons (Fsp3) is 0.0164. The lowest BCUT2D eigenvalue weighted by molar-refractivity contribution is 0.768. The van der Waals surface area contributed by atoms with Crippen molar-refractivity contribution < 1.29 is 0 Å². The Balaban J connectivity index is 0.897. The third-order valence-electron chi connectivity index (χ3n) is 12.9. The molecule has 0 unspecified atom stereocenters. The zero-order valence-electron chi connectivity index (χ0n) is 34.5. The Morgan fingerprint density at radius 2 is 0.794 bits per heavy atom. The van der Waals surface area contributed by atoms with Crippen LogP contribution in [0.5, 0.6) is 0 Å².